The smallest absolute Gasteiger partial charge is 0.410 e. The zero-order chi connectivity index (χ0) is 20.4. The molecule has 0 aromatic carbocycles. The molecular weight excluding hydrogens is 346 g/mol. The number of rotatable bonds is 5. The van der Waals surface area contributed by atoms with Gasteiger partial charge in [-0.25, -0.2) is 4.79 Å². The van der Waals surface area contributed by atoms with Crippen LogP contribution in [0.25, 0.3) is 0 Å². The second-order valence-electron chi connectivity index (χ2n) is 10.3. The Bertz CT molecular complexity index is 499. The van der Waals surface area contributed by atoms with Gasteiger partial charge in [0.15, 0.2) is 8.32 Å². The predicted octanol–water partition coefficient (Wildman–Crippen LogP) is 5.00. The molecule has 1 atom stereocenters. The molecule has 1 unspecified atom stereocenters. The third kappa shape index (κ3) is 6.08. The molecule has 0 radical (unpaired) electrons. The van der Waals surface area contributed by atoms with Crippen molar-refractivity contribution in [3.63, 3.8) is 0 Å². The van der Waals surface area contributed by atoms with Crippen LogP contribution in [0.4, 0.5) is 4.79 Å². The molecule has 5 nitrogen and oxygen atoms in total. The fraction of sp³-hybridized carbons (Fsp3) is 0.900. The average Bonchev–Trinajstić information content (AvgIpc) is 2.44. The first-order valence-electron chi connectivity index (χ1n) is 9.73. The van der Waals surface area contributed by atoms with E-state index in [-0.39, 0.29) is 17.0 Å². The maximum absolute atomic E-state index is 12.3. The number of aldehydes is 1. The molecule has 0 aromatic rings. The van der Waals surface area contributed by atoms with E-state index in [1.165, 1.54) is 0 Å². The van der Waals surface area contributed by atoms with Gasteiger partial charge >= 0.3 is 6.09 Å². The molecule has 1 amide bonds. The summed E-state index contributed by atoms with van der Waals surface area (Å²) in [5.41, 5.74) is -0.948. The number of likely N-dealkylation sites (tertiary alicyclic amines) is 1. The Morgan fingerprint density at radius 2 is 1.58 bits per heavy atom. The van der Waals surface area contributed by atoms with Crippen LogP contribution in [-0.4, -0.2) is 49.9 Å². The summed E-state index contributed by atoms with van der Waals surface area (Å²) in [5, 5.41) is 0.0916. The molecule has 0 N–H and O–H groups in total. The standard InChI is InChI=1S/C20H39NO4Si/c1-18(2,3)24-17(23)21-13-10-16(11-14-21)20(7,12-15-22)25-26(8,9)19(4,5)6/h15-16H,10-14H2,1-9H3. The van der Waals surface area contributed by atoms with Crippen molar-refractivity contribution in [1.29, 1.82) is 0 Å². The van der Waals surface area contributed by atoms with E-state index in [0.29, 0.717) is 19.5 Å². The molecular formula is C20H39NO4Si. The van der Waals surface area contributed by atoms with Crippen LogP contribution in [0.3, 0.4) is 0 Å². The topological polar surface area (TPSA) is 55.8 Å². The quantitative estimate of drug-likeness (QED) is 0.493. The van der Waals surface area contributed by atoms with Crippen LogP contribution in [0.15, 0.2) is 0 Å². The van der Waals surface area contributed by atoms with Gasteiger partial charge in [0.05, 0.1) is 5.60 Å². The minimum Gasteiger partial charge on any atom is -0.444 e. The van der Waals surface area contributed by atoms with Gasteiger partial charge in [0.1, 0.15) is 11.9 Å². The number of carbonyl (C=O) groups excluding carboxylic acids is 2. The number of nitrogens with zero attached hydrogens (tertiary/aromatic N) is 1. The highest BCUT2D eigenvalue weighted by molar-refractivity contribution is 6.74. The Labute approximate surface area is 160 Å². The van der Waals surface area contributed by atoms with Crippen LogP contribution in [0, 0.1) is 5.92 Å². The minimum absolute atomic E-state index is 0.0916. The maximum atomic E-state index is 12.3. The van der Waals surface area contributed by atoms with Gasteiger partial charge < -0.3 is 18.9 Å². The third-order valence-corrected chi connectivity index (χ3v) is 10.4. The van der Waals surface area contributed by atoms with Crippen molar-refractivity contribution in [2.24, 2.45) is 5.92 Å². The van der Waals surface area contributed by atoms with E-state index in [2.05, 4.69) is 40.8 Å². The van der Waals surface area contributed by atoms with E-state index in [1.807, 2.05) is 20.8 Å². The molecule has 0 saturated carbocycles. The SMILES string of the molecule is CC(C)(C)OC(=O)N1CCC(C(C)(CC=O)O[Si](C)(C)C(C)(C)C)CC1. The number of carbonyl (C=O) groups is 2. The predicted molar refractivity (Wildman–Crippen MR) is 108 cm³/mol. The van der Waals surface area contributed by atoms with Gasteiger partial charge in [-0.1, -0.05) is 20.8 Å². The molecule has 1 aliphatic heterocycles. The maximum Gasteiger partial charge on any atom is 0.410 e. The van der Waals surface area contributed by atoms with Gasteiger partial charge in [-0.15, -0.1) is 0 Å². The van der Waals surface area contributed by atoms with Crippen molar-refractivity contribution in [2.45, 2.75) is 97.1 Å². The minimum atomic E-state index is -2.00. The Hall–Kier alpha value is -0.883. The van der Waals surface area contributed by atoms with Crippen molar-refractivity contribution < 1.29 is 18.8 Å². The summed E-state index contributed by atoms with van der Waals surface area (Å²) in [4.78, 5) is 25.4. The number of hydrogen-bond donors (Lipinski definition) is 0. The van der Waals surface area contributed by atoms with Gasteiger partial charge in [-0.05, 0) is 64.6 Å². The van der Waals surface area contributed by atoms with E-state index >= 15 is 0 Å². The summed E-state index contributed by atoms with van der Waals surface area (Å²) in [5.74, 6) is 0.264. The fourth-order valence-corrected chi connectivity index (χ4v) is 4.91. The molecule has 1 fully saturated rings. The Balaban J connectivity index is 2.82. The lowest BCUT2D eigenvalue weighted by atomic mass is 9.80. The van der Waals surface area contributed by atoms with Crippen LogP contribution in [0.1, 0.15) is 67.7 Å². The summed E-state index contributed by atoms with van der Waals surface area (Å²) >= 11 is 0. The number of amides is 1. The van der Waals surface area contributed by atoms with Crippen molar-refractivity contribution in [3.8, 4) is 0 Å². The number of ether oxygens (including phenoxy) is 1. The van der Waals surface area contributed by atoms with Crippen LogP contribution in [0.2, 0.25) is 18.1 Å². The molecule has 1 heterocycles. The van der Waals surface area contributed by atoms with Crippen LogP contribution in [-0.2, 0) is 14.0 Å². The van der Waals surface area contributed by atoms with Crippen molar-refractivity contribution in [2.75, 3.05) is 13.1 Å². The fourth-order valence-electron chi connectivity index (χ4n) is 3.19. The van der Waals surface area contributed by atoms with Gasteiger partial charge in [0, 0.05) is 19.5 Å². The highest BCUT2D eigenvalue weighted by atomic mass is 28.4. The van der Waals surface area contributed by atoms with Crippen molar-refractivity contribution in [3.05, 3.63) is 0 Å². The van der Waals surface area contributed by atoms with E-state index < -0.39 is 19.5 Å². The third-order valence-electron chi connectivity index (χ3n) is 5.79. The van der Waals surface area contributed by atoms with E-state index in [4.69, 9.17) is 9.16 Å². The van der Waals surface area contributed by atoms with E-state index in [9.17, 15) is 9.59 Å². The molecule has 1 rings (SSSR count). The number of piperidine rings is 1. The lowest BCUT2D eigenvalue weighted by molar-refractivity contribution is -0.114. The highest BCUT2D eigenvalue weighted by Crippen LogP contribution is 2.43. The largest absolute Gasteiger partial charge is 0.444 e. The molecule has 0 spiro atoms. The first-order chi connectivity index (χ1) is 11.6. The molecule has 6 heteroatoms. The summed E-state index contributed by atoms with van der Waals surface area (Å²) in [7, 11) is -2.00. The summed E-state index contributed by atoms with van der Waals surface area (Å²) in [6.45, 7) is 20.1. The van der Waals surface area contributed by atoms with Gasteiger partial charge in [-0.3, -0.25) is 0 Å². The molecule has 1 saturated heterocycles. The Morgan fingerprint density at radius 1 is 1.08 bits per heavy atom. The summed E-state index contributed by atoms with van der Waals surface area (Å²) in [6.07, 6.45) is 2.79. The molecule has 0 aliphatic carbocycles. The van der Waals surface area contributed by atoms with Crippen molar-refractivity contribution in [1.82, 2.24) is 4.90 Å². The van der Waals surface area contributed by atoms with Crippen LogP contribution in [0.5, 0.6) is 0 Å². The molecule has 1 aliphatic rings. The van der Waals surface area contributed by atoms with Crippen LogP contribution >= 0.6 is 0 Å². The van der Waals surface area contributed by atoms with E-state index in [1.54, 1.807) is 4.90 Å². The zero-order valence-corrected chi connectivity index (χ0v) is 19.3. The average molecular weight is 386 g/mol. The molecule has 0 aromatic heterocycles. The zero-order valence-electron chi connectivity index (χ0n) is 18.3. The first kappa shape index (κ1) is 23.2. The molecule has 0 bridgehead atoms. The van der Waals surface area contributed by atoms with Crippen LogP contribution < -0.4 is 0 Å². The highest BCUT2D eigenvalue weighted by Gasteiger charge is 2.46. The second kappa shape index (κ2) is 8.01. The van der Waals surface area contributed by atoms with Gasteiger partial charge in [-0.2, -0.15) is 0 Å². The normalized spacial score (nSPS) is 19.8. The van der Waals surface area contributed by atoms with E-state index in [0.717, 1.165) is 19.1 Å². The Morgan fingerprint density at radius 3 is 1.96 bits per heavy atom. The molecule has 152 valence electrons. The summed E-state index contributed by atoms with van der Waals surface area (Å²) < 4.78 is 12.2. The lowest BCUT2D eigenvalue weighted by Crippen LogP contribution is -2.54. The van der Waals surface area contributed by atoms with Crippen molar-refractivity contribution >= 4 is 20.7 Å². The van der Waals surface area contributed by atoms with Gasteiger partial charge in [0.2, 0.25) is 0 Å². The Kier molecular flexibility index (Phi) is 7.13. The number of hydrogen-bond acceptors (Lipinski definition) is 4. The first-order valence-corrected chi connectivity index (χ1v) is 12.6. The monoisotopic (exact) mass is 385 g/mol. The summed E-state index contributed by atoms with van der Waals surface area (Å²) in [6, 6.07) is 0. The lowest BCUT2D eigenvalue weighted by Gasteiger charge is -2.49. The second-order valence-corrected chi connectivity index (χ2v) is 15.0. The molecule has 26 heavy (non-hydrogen) atoms. The van der Waals surface area contributed by atoms with Gasteiger partial charge in [0.25, 0.3) is 0 Å².